The summed E-state index contributed by atoms with van der Waals surface area (Å²) in [5.41, 5.74) is 0. The molecule has 0 fully saturated rings. The van der Waals surface area contributed by atoms with Gasteiger partial charge in [0.1, 0.15) is 0 Å². The molecule has 12 heavy (non-hydrogen) atoms. The molecular formula is C11H23V-3. The van der Waals surface area contributed by atoms with Gasteiger partial charge in [0.25, 0.3) is 0 Å². The summed E-state index contributed by atoms with van der Waals surface area (Å²) in [4.78, 5) is 0. The minimum absolute atomic E-state index is 0. The van der Waals surface area contributed by atoms with Crippen LogP contribution in [0.25, 0.3) is 0 Å². The summed E-state index contributed by atoms with van der Waals surface area (Å²) in [5, 5.41) is 0. The predicted octanol–water partition coefficient (Wildman–Crippen LogP) is 3.93. The molecule has 0 rings (SSSR count). The Hall–Kier alpha value is 0.584. The van der Waals surface area contributed by atoms with Gasteiger partial charge in [0.15, 0.2) is 0 Å². The molecule has 0 aromatic rings. The first-order chi connectivity index (χ1) is 5.13. The molecule has 0 nitrogen and oxygen atoms in total. The summed E-state index contributed by atoms with van der Waals surface area (Å²) >= 11 is 0. The Labute approximate surface area is 91.4 Å². The molecule has 0 unspecified atom stereocenters. The van der Waals surface area contributed by atoms with Gasteiger partial charge in [-0.1, -0.05) is 19.8 Å². The summed E-state index contributed by atoms with van der Waals surface area (Å²) < 4.78 is 0. The second-order valence-electron chi connectivity index (χ2n) is 3.16. The molecule has 0 amide bonds. The van der Waals surface area contributed by atoms with E-state index >= 15 is 0 Å². The average Bonchev–Trinajstić information content (AvgIpc) is 1.91. The molecule has 0 aliphatic heterocycles. The standard InChI is InChI=1S/C8H16.C3H7.V/c1-5-8(6-2)7(3)4;1-3-2;/h7-8H,1-2,5-6H2,3-4H3;3H,1-2H3;/q-2;-1;. The van der Waals surface area contributed by atoms with E-state index in [0.29, 0.717) is 0 Å². The summed E-state index contributed by atoms with van der Waals surface area (Å²) in [5.74, 6) is 1.49. The molecule has 0 N–H and O–H groups in total. The van der Waals surface area contributed by atoms with Crippen LogP contribution in [0, 0.1) is 32.1 Å². The Morgan fingerprint density at radius 3 is 1.33 bits per heavy atom. The van der Waals surface area contributed by atoms with Crippen molar-refractivity contribution in [1.82, 2.24) is 0 Å². The quantitative estimate of drug-likeness (QED) is 0.613. The van der Waals surface area contributed by atoms with Gasteiger partial charge < -0.3 is 20.3 Å². The van der Waals surface area contributed by atoms with Crippen molar-refractivity contribution in [2.75, 3.05) is 0 Å². The van der Waals surface area contributed by atoms with Crippen LogP contribution in [0.5, 0.6) is 0 Å². The Morgan fingerprint density at radius 2 is 1.33 bits per heavy atom. The zero-order valence-corrected chi connectivity index (χ0v) is 10.4. The first kappa shape index (κ1) is 18.4. The minimum atomic E-state index is 0. The van der Waals surface area contributed by atoms with Crippen molar-refractivity contribution in [3.8, 4) is 0 Å². The topological polar surface area (TPSA) is 0 Å². The van der Waals surface area contributed by atoms with Crippen molar-refractivity contribution < 1.29 is 18.6 Å². The van der Waals surface area contributed by atoms with E-state index in [9.17, 15) is 0 Å². The van der Waals surface area contributed by atoms with Gasteiger partial charge in [0, 0.05) is 18.6 Å². The van der Waals surface area contributed by atoms with Gasteiger partial charge in [-0.2, -0.15) is 26.7 Å². The van der Waals surface area contributed by atoms with Crippen LogP contribution >= 0.6 is 0 Å². The van der Waals surface area contributed by atoms with Crippen molar-refractivity contribution in [1.29, 1.82) is 0 Å². The zero-order chi connectivity index (χ0) is 9.28. The van der Waals surface area contributed by atoms with Crippen molar-refractivity contribution in [2.24, 2.45) is 11.8 Å². The summed E-state index contributed by atoms with van der Waals surface area (Å²) in [7, 11) is 0. The maximum atomic E-state index is 3.84. The van der Waals surface area contributed by atoms with E-state index in [4.69, 9.17) is 0 Å². The second kappa shape index (κ2) is 14.1. The molecule has 0 aliphatic rings. The zero-order valence-electron chi connectivity index (χ0n) is 9.01. The van der Waals surface area contributed by atoms with E-state index in [1.807, 2.05) is 20.3 Å². The minimum Gasteiger partial charge on any atom is -0.343 e. The molecule has 0 aromatic heterocycles. The van der Waals surface area contributed by atoms with E-state index in [-0.39, 0.29) is 18.6 Å². The van der Waals surface area contributed by atoms with Gasteiger partial charge in [-0.3, -0.25) is 0 Å². The molecule has 1 radical (unpaired) electrons. The summed E-state index contributed by atoms with van der Waals surface area (Å²) in [6, 6.07) is 0. The molecular weight excluding hydrogens is 183 g/mol. The third-order valence-electron chi connectivity index (χ3n) is 1.68. The third-order valence-corrected chi connectivity index (χ3v) is 1.68. The molecule has 1 heteroatoms. The van der Waals surface area contributed by atoms with Gasteiger partial charge in [-0.15, -0.1) is 0 Å². The first-order valence-corrected chi connectivity index (χ1v) is 4.46. The number of hydrogen-bond donors (Lipinski definition) is 0. The van der Waals surface area contributed by atoms with Gasteiger partial charge in [-0.25, -0.2) is 0 Å². The van der Waals surface area contributed by atoms with E-state index in [1.165, 1.54) is 0 Å². The van der Waals surface area contributed by atoms with Gasteiger partial charge in [0.05, 0.1) is 0 Å². The van der Waals surface area contributed by atoms with E-state index in [2.05, 4.69) is 27.7 Å². The number of rotatable bonds is 3. The van der Waals surface area contributed by atoms with Crippen LogP contribution in [0.1, 0.15) is 40.5 Å². The predicted molar refractivity (Wildman–Crippen MR) is 53.9 cm³/mol. The molecule has 0 heterocycles. The fraction of sp³-hybridized carbons (Fsp3) is 0.727. The van der Waals surface area contributed by atoms with E-state index in [1.54, 1.807) is 0 Å². The SMILES string of the molecule is C[CH-]C.[CH2-]CC(C[CH2-])C(C)C.[V]. The molecule has 0 aromatic carbocycles. The molecule has 0 bridgehead atoms. The maximum absolute atomic E-state index is 3.84. The molecule has 0 spiro atoms. The first-order valence-electron chi connectivity index (χ1n) is 4.46. The molecule has 0 saturated carbocycles. The van der Waals surface area contributed by atoms with Crippen molar-refractivity contribution >= 4 is 0 Å². The third kappa shape index (κ3) is 13.2. The van der Waals surface area contributed by atoms with Crippen LogP contribution in [0.3, 0.4) is 0 Å². The van der Waals surface area contributed by atoms with Crippen LogP contribution < -0.4 is 0 Å². The van der Waals surface area contributed by atoms with Crippen molar-refractivity contribution in [3.63, 3.8) is 0 Å². The van der Waals surface area contributed by atoms with E-state index in [0.717, 1.165) is 24.7 Å². The molecule has 0 aliphatic carbocycles. The molecule has 0 saturated heterocycles. The number of hydrogen-bond acceptors (Lipinski definition) is 0. The van der Waals surface area contributed by atoms with Crippen LogP contribution in [-0.4, -0.2) is 0 Å². The second-order valence-corrected chi connectivity index (χ2v) is 3.16. The van der Waals surface area contributed by atoms with Gasteiger partial charge in [-0.05, 0) is 5.92 Å². The van der Waals surface area contributed by atoms with E-state index < -0.39 is 0 Å². The van der Waals surface area contributed by atoms with Crippen LogP contribution in [0.2, 0.25) is 0 Å². The average molecular weight is 206 g/mol. The monoisotopic (exact) mass is 206 g/mol. The summed E-state index contributed by atoms with van der Waals surface area (Å²) in [6.07, 6.45) is 4.06. The molecule has 0 atom stereocenters. The van der Waals surface area contributed by atoms with Crippen molar-refractivity contribution in [3.05, 3.63) is 20.3 Å². The fourth-order valence-electron chi connectivity index (χ4n) is 0.811. The normalized spacial score (nSPS) is 9.00. The Bertz CT molecular complexity index is 56.0. The Kier molecular flexibility index (Phi) is 21.6. The fourth-order valence-corrected chi connectivity index (χ4v) is 0.811. The van der Waals surface area contributed by atoms with Crippen LogP contribution in [0.15, 0.2) is 0 Å². The van der Waals surface area contributed by atoms with Crippen molar-refractivity contribution in [2.45, 2.75) is 40.5 Å². The summed E-state index contributed by atoms with van der Waals surface area (Å²) in [6.45, 7) is 16.1. The molecule has 75 valence electrons. The largest absolute Gasteiger partial charge is 0.343 e. The smallest absolute Gasteiger partial charge is 0 e. The van der Waals surface area contributed by atoms with Crippen LogP contribution in [0.4, 0.5) is 0 Å². The maximum Gasteiger partial charge on any atom is 0 e. The van der Waals surface area contributed by atoms with Gasteiger partial charge in [0.2, 0.25) is 0 Å². The Balaban J connectivity index is -0.000000177. The Morgan fingerprint density at radius 1 is 1.08 bits per heavy atom. The van der Waals surface area contributed by atoms with Gasteiger partial charge >= 0.3 is 0 Å². The van der Waals surface area contributed by atoms with Crippen LogP contribution in [-0.2, 0) is 18.6 Å².